The average Bonchev–Trinajstić information content (AvgIpc) is 2.23. The van der Waals surface area contributed by atoms with Gasteiger partial charge in [0, 0.05) is 6.54 Å². The fourth-order valence-electron chi connectivity index (χ4n) is 1.34. The molecule has 0 saturated heterocycles. The van der Waals surface area contributed by atoms with Crippen molar-refractivity contribution in [1.82, 2.24) is 5.32 Å². The van der Waals surface area contributed by atoms with Crippen LogP contribution < -0.4 is 5.32 Å². The van der Waals surface area contributed by atoms with E-state index in [9.17, 15) is 8.78 Å². The number of hydrogen-bond acceptors (Lipinski definition) is 1. The quantitative estimate of drug-likeness (QED) is 0.807. The van der Waals surface area contributed by atoms with Crippen LogP contribution in [-0.4, -0.2) is 13.6 Å². The van der Waals surface area contributed by atoms with Gasteiger partial charge in [0.1, 0.15) is 0 Å². The molecule has 1 aromatic carbocycles. The molecule has 0 saturated carbocycles. The molecule has 82 valence electrons. The lowest BCUT2D eigenvalue weighted by molar-refractivity contribution is 0.508. The van der Waals surface area contributed by atoms with Gasteiger partial charge in [0.15, 0.2) is 11.6 Å². The van der Waals surface area contributed by atoms with Crippen molar-refractivity contribution in [1.29, 1.82) is 0 Å². The molecule has 1 N–H and O–H groups in total. The molecule has 0 bridgehead atoms. The Morgan fingerprint density at radius 1 is 1.33 bits per heavy atom. The van der Waals surface area contributed by atoms with E-state index >= 15 is 0 Å². The number of nitrogens with one attached hydrogen (secondary N) is 1. The highest BCUT2D eigenvalue weighted by molar-refractivity contribution is 5.53. The van der Waals surface area contributed by atoms with Gasteiger partial charge in [-0.1, -0.05) is 24.6 Å². The predicted molar refractivity (Wildman–Crippen MR) is 58.6 cm³/mol. The van der Waals surface area contributed by atoms with E-state index in [1.54, 1.807) is 6.07 Å². The van der Waals surface area contributed by atoms with E-state index in [4.69, 9.17) is 0 Å². The molecule has 0 aromatic heterocycles. The Hall–Kier alpha value is -1.22. The van der Waals surface area contributed by atoms with Crippen molar-refractivity contribution < 1.29 is 8.78 Å². The molecular weight excluding hydrogens is 196 g/mol. The molecule has 0 heterocycles. The van der Waals surface area contributed by atoms with Crippen LogP contribution in [0.2, 0.25) is 0 Å². The summed E-state index contributed by atoms with van der Waals surface area (Å²) >= 11 is 0. The lowest BCUT2D eigenvalue weighted by Crippen LogP contribution is -2.09. The highest BCUT2D eigenvalue weighted by Crippen LogP contribution is 2.13. The number of likely N-dealkylation sites (N-methyl/N-ethyl adjacent to an activating group) is 1. The van der Waals surface area contributed by atoms with Gasteiger partial charge < -0.3 is 5.32 Å². The van der Waals surface area contributed by atoms with Crippen LogP contribution >= 0.6 is 0 Å². The minimum absolute atomic E-state index is 0.695. The largest absolute Gasteiger partial charge is 0.316 e. The van der Waals surface area contributed by atoms with Crippen molar-refractivity contribution >= 4 is 6.08 Å². The molecule has 0 spiro atoms. The van der Waals surface area contributed by atoms with Gasteiger partial charge in [0.2, 0.25) is 0 Å². The molecule has 1 rings (SSSR count). The Bertz CT molecular complexity index is 359. The predicted octanol–water partition coefficient (Wildman–Crippen LogP) is 2.98. The summed E-state index contributed by atoms with van der Waals surface area (Å²) in [5, 5.41) is 3.03. The zero-order valence-electron chi connectivity index (χ0n) is 8.98. The van der Waals surface area contributed by atoms with Crippen molar-refractivity contribution in [3.8, 4) is 0 Å². The Morgan fingerprint density at radius 2 is 2.07 bits per heavy atom. The van der Waals surface area contributed by atoms with Gasteiger partial charge in [-0.05, 0) is 31.2 Å². The Kier molecular flexibility index (Phi) is 4.43. The molecule has 0 aliphatic carbocycles. The second kappa shape index (κ2) is 5.61. The lowest BCUT2D eigenvalue weighted by atomic mass is 10.1. The smallest absolute Gasteiger partial charge is 0.159 e. The van der Waals surface area contributed by atoms with E-state index in [0.717, 1.165) is 24.6 Å². The second-order valence-electron chi connectivity index (χ2n) is 3.36. The van der Waals surface area contributed by atoms with E-state index in [0.29, 0.717) is 5.56 Å². The standard InChI is InChI=1S/C12H15F2N/c1-3-9(8-15-2)6-10-4-5-11(13)12(14)7-10/h4-7,15H,3,8H2,1-2H3. The fourth-order valence-corrected chi connectivity index (χ4v) is 1.34. The van der Waals surface area contributed by atoms with Crippen molar-refractivity contribution in [2.45, 2.75) is 13.3 Å². The van der Waals surface area contributed by atoms with Gasteiger partial charge >= 0.3 is 0 Å². The van der Waals surface area contributed by atoms with E-state index in [-0.39, 0.29) is 0 Å². The molecule has 0 amide bonds. The maximum absolute atomic E-state index is 12.9. The first-order valence-electron chi connectivity index (χ1n) is 4.96. The molecule has 3 heteroatoms. The lowest BCUT2D eigenvalue weighted by Gasteiger charge is -2.03. The average molecular weight is 211 g/mol. The van der Waals surface area contributed by atoms with Gasteiger partial charge in [0.25, 0.3) is 0 Å². The highest BCUT2D eigenvalue weighted by Gasteiger charge is 2.01. The molecule has 0 atom stereocenters. The van der Waals surface area contributed by atoms with Crippen molar-refractivity contribution in [3.63, 3.8) is 0 Å². The summed E-state index contributed by atoms with van der Waals surface area (Å²) in [5.41, 5.74) is 1.85. The van der Waals surface area contributed by atoms with Gasteiger partial charge in [-0.3, -0.25) is 0 Å². The molecule has 1 aromatic rings. The molecule has 1 nitrogen and oxygen atoms in total. The monoisotopic (exact) mass is 211 g/mol. The Balaban J connectivity index is 2.91. The molecular formula is C12H15F2N. The van der Waals surface area contributed by atoms with E-state index in [1.165, 1.54) is 6.07 Å². The molecule has 0 aliphatic heterocycles. The van der Waals surface area contributed by atoms with Gasteiger partial charge in [-0.25, -0.2) is 8.78 Å². The third-order valence-electron chi connectivity index (χ3n) is 2.17. The second-order valence-corrected chi connectivity index (χ2v) is 3.36. The van der Waals surface area contributed by atoms with E-state index < -0.39 is 11.6 Å². The van der Waals surface area contributed by atoms with E-state index in [1.807, 2.05) is 20.0 Å². The van der Waals surface area contributed by atoms with Crippen LogP contribution in [0.5, 0.6) is 0 Å². The maximum Gasteiger partial charge on any atom is 0.159 e. The maximum atomic E-state index is 12.9. The summed E-state index contributed by atoms with van der Waals surface area (Å²) in [5.74, 6) is -1.61. The first-order chi connectivity index (χ1) is 7.17. The van der Waals surface area contributed by atoms with Crippen molar-refractivity contribution in [2.75, 3.05) is 13.6 Å². The Morgan fingerprint density at radius 3 is 2.60 bits per heavy atom. The summed E-state index contributed by atoms with van der Waals surface area (Å²) in [6, 6.07) is 3.93. The number of hydrogen-bond donors (Lipinski definition) is 1. The van der Waals surface area contributed by atoms with Crippen LogP contribution in [0.1, 0.15) is 18.9 Å². The van der Waals surface area contributed by atoms with Crippen LogP contribution in [0.4, 0.5) is 8.78 Å². The van der Waals surface area contributed by atoms with Gasteiger partial charge in [-0.2, -0.15) is 0 Å². The summed E-state index contributed by atoms with van der Waals surface area (Å²) in [6.45, 7) is 2.79. The normalized spacial score (nSPS) is 11.9. The molecule has 0 aliphatic rings. The van der Waals surface area contributed by atoms with Crippen molar-refractivity contribution in [3.05, 3.63) is 41.0 Å². The van der Waals surface area contributed by atoms with Crippen molar-refractivity contribution in [2.24, 2.45) is 0 Å². The first kappa shape index (κ1) is 11.9. The van der Waals surface area contributed by atoms with Crippen LogP contribution in [0.25, 0.3) is 6.08 Å². The number of rotatable bonds is 4. The molecule has 0 radical (unpaired) electrons. The van der Waals surface area contributed by atoms with Gasteiger partial charge in [-0.15, -0.1) is 0 Å². The molecule has 0 unspecified atom stereocenters. The van der Waals surface area contributed by atoms with E-state index in [2.05, 4.69) is 5.32 Å². The number of halogens is 2. The van der Waals surface area contributed by atoms with Crippen LogP contribution in [0, 0.1) is 11.6 Å². The Labute approximate surface area is 88.8 Å². The summed E-state index contributed by atoms with van der Waals surface area (Å²) in [4.78, 5) is 0. The fraction of sp³-hybridized carbons (Fsp3) is 0.333. The van der Waals surface area contributed by atoms with Crippen LogP contribution in [0.15, 0.2) is 23.8 Å². The third kappa shape index (κ3) is 3.44. The first-order valence-corrected chi connectivity index (χ1v) is 4.96. The van der Waals surface area contributed by atoms with Crippen LogP contribution in [0.3, 0.4) is 0 Å². The molecule has 0 fully saturated rings. The minimum atomic E-state index is -0.807. The SMILES string of the molecule is CCC(=Cc1ccc(F)c(F)c1)CNC. The van der Waals surface area contributed by atoms with Crippen LogP contribution in [-0.2, 0) is 0 Å². The topological polar surface area (TPSA) is 12.0 Å². The zero-order chi connectivity index (χ0) is 11.3. The summed E-state index contributed by atoms with van der Waals surface area (Å²) in [7, 11) is 1.86. The number of benzene rings is 1. The highest BCUT2D eigenvalue weighted by atomic mass is 19.2. The molecule has 15 heavy (non-hydrogen) atoms. The summed E-state index contributed by atoms with van der Waals surface area (Å²) < 4.78 is 25.6. The summed E-state index contributed by atoms with van der Waals surface area (Å²) in [6.07, 6.45) is 2.76. The zero-order valence-corrected chi connectivity index (χ0v) is 8.98. The van der Waals surface area contributed by atoms with Gasteiger partial charge in [0.05, 0.1) is 0 Å². The minimum Gasteiger partial charge on any atom is -0.316 e. The third-order valence-corrected chi connectivity index (χ3v) is 2.17.